The van der Waals surface area contributed by atoms with E-state index in [1.54, 1.807) is 0 Å². The molecule has 0 spiro atoms. The third kappa shape index (κ3) is 1.68. The van der Waals surface area contributed by atoms with Crippen molar-refractivity contribution >= 4 is 21.5 Å². The molecule has 0 bridgehead atoms. The zero-order valence-electron chi connectivity index (χ0n) is 9.92. The maximum absolute atomic E-state index is 11.3. The zero-order chi connectivity index (χ0) is 13.8. The van der Waals surface area contributed by atoms with E-state index in [1.165, 1.54) is 6.07 Å². The van der Waals surface area contributed by atoms with Gasteiger partial charge in [-0.3, -0.25) is 4.55 Å². The molecule has 5 N–H and O–H groups in total. The van der Waals surface area contributed by atoms with Gasteiger partial charge in [-0.05, 0) is 28.3 Å². The minimum absolute atomic E-state index is 0.0888. The highest BCUT2D eigenvalue weighted by Crippen LogP contribution is 2.43. The van der Waals surface area contributed by atoms with Crippen LogP contribution in [0.4, 0.5) is 11.4 Å². The van der Waals surface area contributed by atoms with Crippen molar-refractivity contribution in [3.05, 3.63) is 41.5 Å². The summed E-state index contributed by atoms with van der Waals surface area (Å²) in [6, 6.07) is 9.02. The summed E-state index contributed by atoms with van der Waals surface area (Å²) in [5.74, 6) is 0. The second kappa shape index (κ2) is 3.72. The van der Waals surface area contributed by atoms with Crippen LogP contribution < -0.4 is 11.5 Å². The Morgan fingerprint density at radius 1 is 1.05 bits per heavy atom. The van der Waals surface area contributed by atoms with Crippen LogP contribution >= 0.6 is 0 Å². The van der Waals surface area contributed by atoms with Crippen LogP contribution in [0.3, 0.4) is 0 Å². The van der Waals surface area contributed by atoms with Crippen molar-refractivity contribution in [2.45, 2.75) is 11.3 Å². The molecule has 2 aromatic rings. The fraction of sp³-hybridized carbons (Fsp3) is 0.0769. The molecule has 0 unspecified atom stereocenters. The molecular weight excluding hydrogens is 264 g/mol. The highest BCUT2D eigenvalue weighted by molar-refractivity contribution is 7.86. The van der Waals surface area contributed by atoms with Crippen molar-refractivity contribution in [1.82, 2.24) is 0 Å². The van der Waals surface area contributed by atoms with Crippen LogP contribution in [0, 0.1) is 0 Å². The molecule has 0 heterocycles. The Morgan fingerprint density at radius 3 is 2.42 bits per heavy atom. The van der Waals surface area contributed by atoms with Crippen LogP contribution in [0.25, 0.3) is 11.1 Å². The Balaban J connectivity index is 2.37. The Labute approximate surface area is 110 Å². The number of fused-ring (bicyclic) bond motifs is 3. The van der Waals surface area contributed by atoms with Crippen molar-refractivity contribution in [2.24, 2.45) is 0 Å². The predicted molar refractivity (Wildman–Crippen MR) is 73.3 cm³/mol. The average Bonchev–Trinajstić information content (AvgIpc) is 2.71. The van der Waals surface area contributed by atoms with Crippen molar-refractivity contribution in [2.75, 3.05) is 11.5 Å². The summed E-state index contributed by atoms with van der Waals surface area (Å²) >= 11 is 0. The highest BCUT2D eigenvalue weighted by Gasteiger charge is 2.26. The van der Waals surface area contributed by atoms with Gasteiger partial charge in [0.05, 0.1) is 11.4 Å². The molecule has 1 aliphatic rings. The van der Waals surface area contributed by atoms with Gasteiger partial charge < -0.3 is 11.5 Å². The van der Waals surface area contributed by atoms with E-state index >= 15 is 0 Å². The van der Waals surface area contributed by atoms with Gasteiger partial charge in [-0.2, -0.15) is 8.42 Å². The number of benzene rings is 2. The van der Waals surface area contributed by atoms with Gasteiger partial charge in [-0.25, -0.2) is 0 Å². The lowest BCUT2D eigenvalue weighted by Crippen LogP contribution is -2.08. The first-order chi connectivity index (χ1) is 8.89. The SMILES string of the molecule is Nc1c(S(=O)(=O)O)cc2c(c1N)Cc1ccccc1-2. The van der Waals surface area contributed by atoms with Crippen molar-refractivity contribution in [3.63, 3.8) is 0 Å². The molecule has 2 aromatic carbocycles. The van der Waals surface area contributed by atoms with Crippen LogP contribution in [0.5, 0.6) is 0 Å². The van der Waals surface area contributed by atoms with E-state index in [4.69, 9.17) is 11.5 Å². The van der Waals surface area contributed by atoms with E-state index in [2.05, 4.69) is 0 Å². The van der Waals surface area contributed by atoms with Crippen LogP contribution in [0.1, 0.15) is 11.1 Å². The summed E-state index contributed by atoms with van der Waals surface area (Å²) < 4.78 is 31.9. The third-order valence-corrected chi connectivity index (χ3v) is 4.33. The molecule has 5 nitrogen and oxygen atoms in total. The maximum atomic E-state index is 11.3. The van der Waals surface area contributed by atoms with Crippen molar-refractivity contribution < 1.29 is 13.0 Å². The number of nitrogens with two attached hydrogens (primary N) is 2. The van der Waals surface area contributed by atoms with Gasteiger partial charge in [0.2, 0.25) is 0 Å². The molecule has 0 amide bonds. The minimum atomic E-state index is -4.39. The summed E-state index contributed by atoms with van der Waals surface area (Å²) in [5.41, 5.74) is 15.3. The summed E-state index contributed by atoms with van der Waals surface area (Å²) in [6.45, 7) is 0. The zero-order valence-corrected chi connectivity index (χ0v) is 10.7. The highest BCUT2D eigenvalue weighted by atomic mass is 32.2. The normalized spacial score (nSPS) is 13.1. The molecule has 1 aliphatic carbocycles. The molecule has 3 rings (SSSR count). The molecule has 19 heavy (non-hydrogen) atoms. The van der Waals surface area contributed by atoms with Crippen LogP contribution in [-0.2, 0) is 16.5 Å². The minimum Gasteiger partial charge on any atom is -0.397 e. The van der Waals surface area contributed by atoms with Gasteiger partial charge >= 0.3 is 0 Å². The van der Waals surface area contributed by atoms with Crippen molar-refractivity contribution in [1.29, 1.82) is 0 Å². The van der Waals surface area contributed by atoms with Gasteiger partial charge in [0, 0.05) is 6.42 Å². The average molecular weight is 276 g/mol. The number of hydrogen-bond acceptors (Lipinski definition) is 4. The van der Waals surface area contributed by atoms with Crippen LogP contribution in [0.2, 0.25) is 0 Å². The van der Waals surface area contributed by atoms with Crippen LogP contribution in [-0.4, -0.2) is 13.0 Å². The second-order valence-corrected chi connectivity index (χ2v) is 5.93. The van der Waals surface area contributed by atoms with Crippen molar-refractivity contribution in [3.8, 4) is 11.1 Å². The maximum Gasteiger partial charge on any atom is 0.296 e. The smallest absolute Gasteiger partial charge is 0.296 e. The number of rotatable bonds is 1. The molecule has 0 atom stereocenters. The van der Waals surface area contributed by atoms with Gasteiger partial charge in [-0.15, -0.1) is 0 Å². The number of anilines is 2. The van der Waals surface area contributed by atoms with Gasteiger partial charge in [-0.1, -0.05) is 24.3 Å². The monoisotopic (exact) mass is 276 g/mol. The largest absolute Gasteiger partial charge is 0.397 e. The van der Waals surface area contributed by atoms with E-state index in [1.807, 2.05) is 24.3 Å². The molecule has 6 heteroatoms. The molecule has 0 radical (unpaired) electrons. The van der Waals surface area contributed by atoms with E-state index in [9.17, 15) is 13.0 Å². The Kier molecular flexibility index (Phi) is 2.35. The summed E-state index contributed by atoms with van der Waals surface area (Å²) in [5, 5.41) is 0. The fourth-order valence-corrected chi connectivity index (χ4v) is 3.16. The Bertz CT molecular complexity index is 798. The number of nitrogen functional groups attached to an aromatic ring is 2. The Hall–Kier alpha value is -2.05. The lowest BCUT2D eigenvalue weighted by molar-refractivity contribution is 0.483. The topological polar surface area (TPSA) is 106 Å². The second-order valence-electron chi connectivity index (χ2n) is 4.54. The molecule has 0 fully saturated rings. The first-order valence-electron chi connectivity index (χ1n) is 5.66. The molecular formula is C13H12N2O3S. The molecule has 0 aliphatic heterocycles. The Morgan fingerprint density at radius 2 is 1.74 bits per heavy atom. The summed E-state index contributed by atoms with van der Waals surface area (Å²) in [6.07, 6.45) is 0.618. The van der Waals surface area contributed by atoms with E-state index in [0.29, 0.717) is 6.42 Å². The van der Waals surface area contributed by atoms with Gasteiger partial charge in [0.25, 0.3) is 10.1 Å². The van der Waals surface area contributed by atoms with E-state index < -0.39 is 10.1 Å². The summed E-state index contributed by atoms with van der Waals surface area (Å²) in [7, 11) is -4.39. The molecule has 98 valence electrons. The molecule has 0 aromatic heterocycles. The quantitative estimate of drug-likeness (QED) is 0.463. The summed E-state index contributed by atoms with van der Waals surface area (Å²) in [4.78, 5) is -0.333. The third-order valence-electron chi connectivity index (χ3n) is 3.43. The lowest BCUT2D eigenvalue weighted by Gasteiger charge is -2.11. The predicted octanol–water partition coefficient (Wildman–Crippen LogP) is 1.67. The molecule has 0 saturated carbocycles. The van der Waals surface area contributed by atoms with E-state index in [-0.39, 0.29) is 16.3 Å². The number of hydrogen-bond donors (Lipinski definition) is 3. The first kappa shape index (κ1) is 12.0. The lowest BCUT2D eigenvalue weighted by atomic mass is 10.0. The van der Waals surface area contributed by atoms with E-state index in [0.717, 1.165) is 22.3 Å². The van der Waals surface area contributed by atoms with Gasteiger partial charge in [0.1, 0.15) is 4.90 Å². The fourth-order valence-electron chi connectivity index (χ4n) is 2.51. The van der Waals surface area contributed by atoms with Crippen LogP contribution in [0.15, 0.2) is 35.2 Å². The molecule has 0 saturated heterocycles. The standard InChI is InChI=1S/C13H12N2O3S/c14-12-10-5-7-3-1-2-4-8(7)9(10)6-11(13(12)15)19(16,17)18/h1-4,6H,5,14-15H2,(H,16,17,18). The van der Waals surface area contributed by atoms with Gasteiger partial charge in [0.15, 0.2) is 0 Å². The first-order valence-corrected chi connectivity index (χ1v) is 7.10.